The van der Waals surface area contributed by atoms with Crippen LogP contribution in [0.4, 0.5) is 5.69 Å². The lowest BCUT2D eigenvalue weighted by atomic mass is 10.0. The van der Waals surface area contributed by atoms with Crippen molar-refractivity contribution in [2.45, 2.75) is 45.6 Å². The molecule has 1 rings (SSSR count). The smallest absolute Gasteiger partial charge is 0.0378 e. The molecule has 0 aromatic carbocycles. The molecule has 0 saturated carbocycles. The molecule has 3 nitrogen and oxygen atoms in total. The number of nitrogen functional groups attached to an aromatic ring is 1. The van der Waals surface area contributed by atoms with E-state index in [1.165, 1.54) is 19.3 Å². The van der Waals surface area contributed by atoms with Crippen molar-refractivity contribution in [2.75, 3.05) is 12.3 Å². The zero-order valence-corrected chi connectivity index (χ0v) is 10.4. The second kappa shape index (κ2) is 7.23. The van der Waals surface area contributed by atoms with Crippen molar-refractivity contribution in [3.63, 3.8) is 0 Å². The first kappa shape index (κ1) is 13.0. The largest absolute Gasteiger partial charge is 0.398 e. The van der Waals surface area contributed by atoms with Gasteiger partial charge in [-0.1, -0.05) is 26.7 Å². The molecular weight excluding hydrogens is 198 g/mol. The van der Waals surface area contributed by atoms with Gasteiger partial charge in [-0.2, -0.15) is 0 Å². The summed E-state index contributed by atoms with van der Waals surface area (Å²) in [5.41, 5.74) is 7.94. The van der Waals surface area contributed by atoms with E-state index in [2.05, 4.69) is 24.1 Å². The van der Waals surface area contributed by atoms with Crippen LogP contribution < -0.4 is 11.1 Å². The Labute approximate surface area is 98.5 Å². The van der Waals surface area contributed by atoms with Crippen LogP contribution in [-0.4, -0.2) is 17.6 Å². The Morgan fingerprint density at radius 3 is 2.88 bits per heavy atom. The molecule has 0 bridgehead atoms. The summed E-state index contributed by atoms with van der Waals surface area (Å²) in [4.78, 5) is 4.13. The molecule has 1 atom stereocenters. The second-order valence-electron chi connectivity index (χ2n) is 4.18. The maximum Gasteiger partial charge on any atom is 0.0378 e. The zero-order valence-electron chi connectivity index (χ0n) is 10.4. The van der Waals surface area contributed by atoms with E-state index in [-0.39, 0.29) is 0 Å². The van der Waals surface area contributed by atoms with Crippen LogP contribution in [0.2, 0.25) is 0 Å². The molecule has 0 saturated heterocycles. The molecule has 16 heavy (non-hydrogen) atoms. The Morgan fingerprint density at radius 2 is 2.25 bits per heavy atom. The maximum atomic E-state index is 5.93. The Balaban J connectivity index is 2.56. The molecule has 90 valence electrons. The number of aromatic nitrogens is 1. The number of pyridine rings is 1. The molecule has 0 amide bonds. The predicted octanol–water partition coefficient (Wildman–Crippen LogP) is 2.37. The summed E-state index contributed by atoms with van der Waals surface area (Å²) in [7, 11) is 0. The van der Waals surface area contributed by atoms with Gasteiger partial charge in [0.05, 0.1) is 0 Å². The minimum atomic E-state index is 0.524. The van der Waals surface area contributed by atoms with E-state index in [1.807, 2.05) is 12.3 Å². The molecule has 0 radical (unpaired) electrons. The van der Waals surface area contributed by atoms with Crippen molar-refractivity contribution >= 4 is 5.69 Å². The molecule has 0 spiro atoms. The second-order valence-corrected chi connectivity index (χ2v) is 4.18. The first-order valence-electron chi connectivity index (χ1n) is 6.19. The highest BCUT2D eigenvalue weighted by molar-refractivity contribution is 5.44. The summed E-state index contributed by atoms with van der Waals surface area (Å²) in [6.45, 7) is 5.38. The number of hydrogen-bond donors (Lipinski definition) is 2. The van der Waals surface area contributed by atoms with Gasteiger partial charge in [0.15, 0.2) is 0 Å². The molecule has 1 aromatic rings. The number of rotatable bonds is 7. The van der Waals surface area contributed by atoms with Crippen molar-refractivity contribution in [3.8, 4) is 0 Å². The van der Waals surface area contributed by atoms with E-state index in [0.717, 1.165) is 24.2 Å². The molecule has 0 fully saturated rings. The topological polar surface area (TPSA) is 50.9 Å². The van der Waals surface area contributed by atoms with E-state index < -0.39 is 0 Å². The molecule has 1 unspecified atom stereocenters. The summed E-state index contributed by atoms with van der Waals surface area (Å²) >= 11 is 0. The molecule has 1 heterocycles. The van der Waals surface area contributed by atoms with Gasteiger partial charge in [0.1, 0.15) is 0 Å². The van der Waals surface area contributed by atoms with Gasteiger partial charge in [0.2, 0.25) is 0 Å². The Bertz CT molecular complexity index is 299. The molecule has 3 heteroatoms. The van der Waals surface area contributed by atoms with Gasteiger partial charge in [-0.15, -0.1) is 0 Å². The van der Waals surface area contributed by atoms with E-state index in [4.69, 9.17) is 5.73 Å². The first-order chi connectivity index (χ1) is 7.77. The minimum absolute atomic E-state index is 0.524. The van der Waals surface area contributed by atoms with E-state index >= 15 is 0 Å². The van der Waals surface area contributed by atoms with Crippen LogP contribution in [0.25, 0.3) is 0 Å². The fraction of sp³-hybridized carbons (Fsp3) is 0.615. The molecule has 1 aromatic heterocycles. The highest BCUT2D eigenvalue weighted by atomic mass is 14.9. The van der Waals surface area contributed by atoms with Gasteiger partial charge in [-0.05, 0) is 31.0 Å². The van der Waals surface area contributed by atoms with Gasteiger partial charge in [-0.25, -0.2) is 0 Å². The highest BCUT2D eigenvalue weighted by Gasteiger charge is 2.09. The average molecular weight is 221 g/mol. The van der Waals surface area contributed by atoms with Gasteiger partial charge in [-0.3, -0.25) is 4.98 Å². The number of likely N-dealkylation sites (N-methyl/N-ethyl adjacent to an activating group) is 1. The van der Waals surface area contributed by atoms with Gasteiger partial charge in [0.25, 0.3) is 0 Å². The number of nitrogens with zero attached hydrogens (tertiary/aromatic N) is 1. The SMILES string of the molecule is CCCCC(Cc1cnccc1N)NCC. The third-order valence-corrected chi connectivity index (χ3v) is 2.81. The lowest BCUT2D eigenvalue weighted by molar-refractivity contribution is 0.473. The van der Waals surface area contributed by atoms with Crippen molar-refractivity contribution in [1.82, 2.24) is 10.3 Å². The number of hydrogen-bond acceptors (Lipinski definition) is 3. The first-order valence-corrected chi connectivity index (χ1v) is 6.19. The van der Waals surface area contributed by atoms with Crippen molar-refractivity contribution < 1.29 is 0 Å². The van der Waals surface area contributed by atoms with Crippen LogP contribution in [-0.2, 0) is 6.42 Å². The van der Waals surface area contributed by atoms with Gasteiger partial charge >= 0.3 is 0 Å². The van der Waals surface area contributed by atoms with E-state index in [9.17, 15) is 0 Å². The van der Waals surface area contributed by atoms with Crippen LogP contribution in [0.3, 0.4) is 0 Å². The maximum absolute atomic E-state index is 5.93. The lowest BCUT2D eigenvalue weighted by Crippen LogP contribution is -2.31. The zero-order chi connectivity index (χ0) is 11.8. The fourth-order valence-electron chi connectivity index (χ4n) is 1.89. The molecular formula is C13H23N3. The van der Waals surface area contributed by atoms with Gasteiger partial charge in [0, 0.05) is 24.1 Å². The van der Waals surface area contributed by atoms with Crippen molar-refractivity contribution in [3.05, 3.63) is 24.0 Å². The lowest BCUT2D eigenvalue weighted by Gasteiger charge is -2.18. The highest BCUT2D eigenvalue weighted by Crippen LogP contribution is 2.14. The average Bonchev–Trinajstić information content (AvgIpc) is 2.29. The fourth-order valence-corrected chi connectivity index (χ4v) is 1.89. The standard InChI is InChI=1S/C13H23N3/c1-3-5-6-12(16-4-2)9-11-10-15-8-7-13(11)14/h7-8,10,12,16H,3-6,9H2,1-2H3,(H2,14,15). The van der Waals surface area contributed by atoms with E-state index in [0.29, 0.717) is 6.04 Å². The van der Waals surface area contributed by atoms with Crippen LogP contribution in [0.1, 0.15) is 38.7 Å². The van der Waals surface area contributed by atoms with Crippen LogP contribution in [0.5, 0.6) is 0 Å². The number of anilines is 1. The summed E-state index contributed by atoms with van der Waals surface area (Å²) < 4.78 is 0. The monoisotopic (exact) mass is 221 g/mol. The van der Waals surface area contributed by atoms with Crippen molar-refractivity contribution in [2.24, 2.45) is 0 Å². The minimum Gasteiger partial charge on any atom is -0.398 e. The normalized spacial score (nSPS) is 12.6. The third kappa shape index (κ3) is 4.19. The third-order valence-electron chi connectivity index (χ3n) is 2.81. The molecule has 0 aliphatic rings. The van der Waals surface area contributed by atoms with Crippen LogP contribution in [0, 0.1) is 0 Å². The molecule has 0 aliphatic carbocycles. The Morgan fingerprint density at radius 1 is 1.44 bits per heavy atom. The summed E-state index contributed by atoms with van der Waals surface area (Å²) in [6, 6.07) is 2.40. The Hall–Kier alpha value is -1.09. The van der Waals surface area contributed by atoms with Crippen LogP contribution in [0.15, 0.2) is 18.5 Å². The molecule has 3 N–H and O–H groups in total. The van der Waals surface area contributed by atoms with Gasteiger partial charge < -0.3 is 11.1 Å². The summed E-state index contributed by atoms with van der Waals surface area (Å²) in [5, 5.41) is 3.51. The quantitative estimate of drug-likeness (QED) is 0.743. The predicted molar refractivity (Wildman–Crippen MR) is 69.3 cm³/mol. The number of nitrogens with one attached hydrogen (secondary N) is 1. The molecule has 0 aliphatic heterocycles. The van der Waals surface area contributed by atoms with Crippen molar-refractivity contribution in [1.29, 1.82) is 0 Å². The van der Waals surface area contributed by atoms with E-state index in [1.54, 1.807) is 6.20 Å². The Kier molecular flexibility index (Phi) is 5.86. The van der Waals surface area contributed by atoms with Crippen LogP contribution >= 0.6 is 0 Å². The summed E-state index contributed by atoms with van der Waals surface area (Å²) in [6.07, 6.45) is 8.31. The number of unbranched alkanes of at least 4 members (excludes halogenated alkanes) is 1. The summed E-state index contributed by atoms with van der Waals surface area (Å²) in [5.74, 6) is 0. The number of nitrogens with two attached hydrogens (primary N) is 1.